The van der Waals surface area contributed by atoms with Crippen molar-refractivity contribution in [3.05, 3.63) is 71.8 Å². The van der Waals surface area contributed by atoms with Crippen LogP contribution < -0.4 is 5.32 Å². The molecule has 1 saturated heterocycles. The number of carbonyl (C=O) groups is 1. The lowest BCUT2D eigenvalue weighted by molar-refractivity contribution is 0.0821. The van der Waals surface area contributed by atoms with Crippen molar-refractivity contribution in [2.45, 2.75) is 37.8 Å². The summed E-state index contributed by atoms with van der Waals surface area (Å²) in [5.74, 6) is 1.33. The van der Waals surface area contributed by atoms with Crippen LogP contribution in [0.2, 0.25) is 0 Å². The molecular formula is C23H28N2O2. The van der Waals surface area contributed by atoms with E-state index in [9.17, 15) is 4.79 Å². The molecule has 0 radical (unpaired) electrons. The number of piperidine rings is 1. The maximum Gasteiger partial charge on any atom is 0.410 e. The van der Waals surface area contributed by atoms with Gasteiger partial charge in [0.05, 0.1) is 0 Å². The van der Waals surface area contributed by atoms with E-state index < -0.39 is 0 Å². The Labute approximate surface area is 161 Å². The third kappa shape index (κ3) is 4.89. The molecule has 142 valence electrons. The van der Waals surface area contributed by atoms with Crippen molar-refractivity contribution >= 4 is 6.09 Å². The van der Waals surface area contributed by atoms with Crippen molar-refractivity contribution < 1.29 is 9.53 Å². The number of hydrogen-bond donors (Lipinski definition) is 1. The number of likely N-dealkylation sites (tertiary alicyclic amines) is 1. The maximum absolute atomic E-state index is 12.2. The number of nitrogens with one attached hydrogen (secondary N) is 1. The van der Waals surface area contributed by atoms with Crippen LogP contribution in [0.1, 0.15) is 36.3 Å². The molecule has 1 N–H and O–H groups in total. The molecule has 1 heterocycles. The Balaban J connectivity index is 1.14. The van der Waals surface area contributed by atoms with Crippen LogP contribution in [-0.4, -0.2) is 36.7 Å². The molecule has 0 spiro atoms. The largest absolute Gasteiger partial charge is 0.445 e. The molecule has 2 atom stereocenters. The van der Waals surface area contributed by atoms with E-state index >= 15 is 0 Å². The highest BCUT2D eigenvalue weighted by Crippen LogP contribution is 2.40. The van der Waals surface area contributed by atoms with Crippen molar-refractivity contribution in [3.63, 3.8) is 0 Å². The van der Waals surface area contributed by atoms with Gasteiger partial charge in [-0.05, 0) is 42.9 Å². The summed E-state index contributed by atoms with van der Waals surface area (Å²) in [4.78, 5) is 14.1. The second-order valence-corrected chi connectivity index (χ2v) is 7.74. The third-order valence-corrected chi connectivity index (χ3v) is 5.76. The van der Waals surface area contributed by atoms with Gasteiger partial charge in [0.15, 0.2) is 0 Å². The highest BCUT2D eigenvalue weighted by Gasteiger charge is 2.38. The molecule has 2 aromatic rings. The normalized spacial score (nSPS) is 22.4. The standard InChI is InChI=1S/C23H28N2O2/c26-23(27-17-19-7-3-1-4-8-19)25-13-11-18(12-14-25)16-24-22-15-21(22)20-9-5-2-6-10-20/h1-10,18,21-22,24H,11-17H2/t21?,22-/m0/s1. The first-order chi connectivity index (χ1) is 13.3. The van der Waals surface area contributed by atoms with E-state index in [1.165, 1.54) is 12.0 Å². The highest BCUT2D eigenvalue weighted by atomic mass is 16.6. The number of nitrogens with zero attached hydrogens (tertiary/aromatic N) is 1. The van der Waals surface area contributed by atoms with E-state index in [2.05, 4.69) is 35.6 Å². The highest BCUT2D eigenvalue weighted by molar-refractivity contribution is 5.67. The molecule has 1 aliphatic heterocycles. The Morgan fingerprint density at radius 3 is 2.37 bits per heavy atom. The van der Waals surface area contributed by atoms with Gasteiger partial charge in [0.25, 0.3) is 0 Å². The minimum absolute atomic E-state index is 0.184. The van der Waals surface area contributed by atoms with Crippen LogP contribution in [0.5, 0.6) is 0 Å². The predicted octanol–water partition coefficient (Wildman–Crippen LogP) is 4.18. The molecule has 1 unspecified atom stereocenters. The average Bonchev–Trinajstić information content (AvgIpc) is 3.52. The zero-order valence-corrected chi connectivity index (χ0v) is 15.7. The first kappa shape index (κ1) is 18.1. The van der Waals surface area contributed by atoms with Gasteiger partial charge < -0.3 is 15.0 Å². The van der Waals surface area contributed by atoms with Gasteiger partial charge in [-0.1, -0.05) is 60.7 Å². The van der Waals surface area contributed by atoms with Crippen molar-refractivity contribution in [3.8, 4) is 0 Å². The summed E-state index contributed by atoms with van der Waals surface area (Å²) in [6, 6.07) is 21.2. The second-order valence-electron chi connectivity index (χ2n) is 7.74. The fraction of sp³-hybridized carbons (Fsp3) is 0.435. The summed E-state index contributed by atoms with van der Waals surface area (Å²) in [6.45, 7) is 3.00. The SMILES string of the molecule is O=C(OCc1ccccc1)N1CCC(CN[C@H]2CC2c2ccccc2)CC1. The zero-order chi connectivity index (χ0) is 18.5. The summed E-state index contributed by atoms with van der Waals surface area (Å²) in [7, 11) is 0. The number of ether oxygens (including phenoxy) is 1. The van der Waals surface area contributed by atoms with Gasteiger partial charge in [-0.25, -0.2) is 4.79 Å². The molecule has 4 nitrogen and oxygen atoms in total. The van der Waals surface area contributed by atoms with E-state index in [0.717, 1.165) is 38.0 Å². The van der Waals surface area contributed by atoms with Crippen LogP contribution >= 0.6 is 0 Å². The molecule has 4 rings (SSSR count). The Hall–Kier alpha value is -2.33. The Kier molecular flexibility index (Phi) is 5.73. The summed E-state index contributed by atoms with van der Waals surface area (Å²) in [5, 5.41) is 3.73. The molecule has 1 amide bonds. The lowest BCUT2D eigenvalue weighted by Crippen LogP contribution is -2.41. The number of carbonyl (C=O) groups excluding carboxylic acids is 1. The number of hydrogen-bond acceptors (Lipinski definition) is 3. The molecule has 1 aliphatic carbocycles. The van der Waals surface area contributed by atoms with Gasteiger partial charge in [-0.3, -0.25) is 0 Å². The van der Waals surface area contributed by atoms with Gasteiger partial charge in [0, 0.05) is 25.0 Å². The Morgan fingerprint density at radius 2 is 1.67 bits per heavy atom. The number of amides is 1. The zero-order valence-electron chi connectivity index (χ0n) is 15.7. The Morgan fingerprint density at radius 1 is 1.00 bits per heavy atom. The molecule has 0 bridgehead atoms. The van der Waals surface area contributed by atoms with Crippen molar-refractivity contribution in [2.24, 2.45) is 5.92 Å². The van der Waals surface area contributed by atoms with Crippen LogP contribution in [0, 0.1) is 5.92 Å². The van der Waals surface area contributed by atoms with Crippen molar-refractivity contribution in [1.82, 2.24) is 10.2 Å². The minimum atomic E-state index is -0.184. The second kappa shape index (κ2) is 8.57. The lowest BCUT2D eigenvalue weighted by Gasteiger charge is -2.31. The topological polar surface area (TPSA) is 41.6 Å². The lowest BCUT2D eigenvalue weighted by atomic mass is 9.97. The van der Waals surface area contributed by atoms with E-state index in [1.807, 2.05) is 35.2 Å². The van der Waals surface area contributed by atoms with E-state index in [-0.39, 0.29) is 6.09 Å². The molecule has 1 saturated carbocycles. The molecule has 2 fully saturated rings. The van der Waals surface area contributed by atoms with Crippen LogP contribution in [0.3, 0.4) is 0 Å². The van der Waals surface area contributed by atoms with Gasteiger partial charge in [0.2, 0.25) is 0 Å². The van der Waals surface area contributed by atoms with Crippen molar-refractivity contribution in [2.75, 3.05) is 19.6 Å². The summed E-state index contributed by atoms with van der Waals surface area (Å²) < 4.78 is 5.45. The first-order valence-corrected chi connectivity index (χ1v) is 10.0. The molecule has 27 heavy (non-hydrogen) atoms. The van der Waals surface area contributed by atoms with Crippen molar-refractivity contribution in [1.29, 1.82) is 0 Å². The summed E-state index contributed by atoms with van der Waals surface area (Å²) in [6.07, 6.45) is 3.16. The summed E-state index contributed by atoms with van der Waals surface area (Å²) in [5.41, 5.74) is 2.48. The first-order valence-electron chi connectivity index (χ1n) is 10.0. The predicted molar refractivity (Wildman–Crippen MR) is 107 cm³/mol. The number of benzene rings is 2. The van der Waals surface area contributed by atoms with E-state index in [4.69, 9.17) is 4.74 Å². The summed E-state index contributed by atoms with van der Waals surface area (Å²) >= 11 is 0. The van der Waals surface area contributed by atoms with Crippen LogP contribution in [-0.2, 0) is 11.3 Å². The van der Waals surface area contributed by atoms with E-state index in [0.29, 0.717) is 24.5 Å². The van der Waals surface area contributed by atoms with Crippen LogP contribution in [0.15, 0.2) is 60.7 Å². The molecular weight excluding hydrogens is 336 g/mol. The molecule has 2 aromatic carbocycles. The maximum atomic E-state index is 12.2. The molecule has 4 heteroatoms. The van der Waals surface area contributed by atoms with Gasteiger partial charge >= 0.3 is 6.09 Å². The van der Waals surface area contributed by atoms with Gasteiger partial charge in [0.1, 0.15) is 6.61 Å². The Bertz CT molecular complexity index is 727. The molecule has 0 aromatic heterocycles. The van der Waals surface area contributed by atoms with Gasteiger partial charge in [-0.15, -0.1) is 0 Å². The smallest absolute Gasteiger partial charge is 0.410 e. The van der Waals surface area contributed by atoms with E-state index in [1.54, 1.807) is 0 Å². The fourth-order valence-corrected chi connectivity index (χ4v) is 3.94. The average molecular weight is 364 g/mol. The van der Waals surface area contributed by atoms with Crippen LogP contribution in [0.25, 0.3) is 0 Å². The van der Waals surface area contributed by atoms with Crippen LogP contribution in [0.4, 0.5) is 4.79 Å². The third-order valence-electron chi connectivity index (χ3n) is 5.76. The quantitative estimate of drug-likeness (QED) is 0.836. The fourth-order valence-electron chi connectivity index (χ4n) is 3.94. The monoisotopic (exact) mass is 364 g/mol. The molecule has 2 aliphatic rings. The minimum Gasteiger partial charge on any atom is -0.445 e. The van der Waals surface area contributed by atoms with Gasteiger partial charge in [-0.2, -0.15) is 0 Å². The number of rotatable bonds is 6.